The molecule has 0 atom stereocenters. The zero-order chi connectivity index (χ0) is 50.8. The monoisotopic (exact) mass is 984 g/mol. The molecule has 3 nitrogen and oxygen atoms in total. The molecule has 0 saturated carbocycles. The van der Waals surface area contributed by atoms with E-state index in [1.807, 2.05) is 127 Å². The average molecular weight is 985 g/mol. The van der Waals surface area contributed by atoms with Crippen LogP contribution in [0.4, 0.5) is 0 Å². The summed E-state index contributed by atoms with van der Waals surface area (Å²) in [6, 6.07) is 47.6. The predicted molar refractivity (Wildman–Crippen MR) is 299 cm³/mol. The van der Waals surface area contributed by atoms with Crippen molar-refractivity contribution in [1.29, 1.82) is 0 Å². The van der Waals surface area contributed by atoms with E-state index >= 15 is 0 Å². The lowest BCUT2D eigenvalue weighted by Gasteiger charge is -2.04. The number of benzene rings is 7. The van der Waals surface area contributed by atoms with Crippen LogP contribution in [-0.4, -0.2) is 15.3 Å². The number of aryl methyl sites for hydroxylation is 3. The standard InChI is InChI=1S/C66H48O3S3/c1-7-58-43-52(13-10-49-22-34-64(35-23-49)70-46(4)67)16-28-61(58)31-19-55-40-56(20-32-62-29-17-53(44-59(62)8-2)14-11-50-24-36-65(37-25-50)71-47(5)68)42-57(41-55)21-33-63-30-18-54(45-60(63)9-3)15-12-51-26-38-66(39-27-51)72-48(6)69/h16-18,22-30,34-45H,7-9H2,1-6H3. The molecular weight excluding hydrogens is 937 g/mol. The number of hydrogen-bond acceptors (Lipinski definition) is 6. The maximum Gasteiger partial charge on any atom is 0.190 e. The SMILES string of the molecule is CCc1cc(C#Cc2ccc(SC(C)=O)cc2)ccc1C#Cc1cc(C#Cc2ccc(C#Cc3ccc(SC(C)=O)cc3)cc2CC)cc(C#Cc2ccc(C#Cc3ccc(SC(C)=O)cc3)cc2CC)c1. The molecule has 0 bridgehead atoms. The zero-order valence-electron chi connectivity index (χ0n) is 40.9. The molecule has 0 spiro atoms. The minimum absolute atomic E-state index is 0.0518. The third kappa shape index (κ3) is 15.7. The van der Waals surface area contributed by atoms with Gasteiger partial charge in [0.2, 0.25) is 0 Å². The first-order valence-corrected chi connectivity index (χ1v) is 25.9. The highest BCUT2D eigenvalue weighted by molar-refractivity contribution is 8.14. The number of carbonyl (C=O) groups is 3. The van der Waals surface area contributed by atoms with Gasteiger partial charge in [-0.2, -0.15) is 0 Å². The van der Waals surface area contributed by atoms with E-state index in [2.05, 4.69) is 110 Å². The fourth-order valence-electron chi connectivity index (χ4n) is 7.27. The predicted octanol–water partition coefficient (Wildman–Crippen LogP) is 13.7. The van der Waals surface area contributed by atoms with Crippen molar-refractivity contribution in [2.75, 3.05) is 0 Å². The highest BCUT2D eigenvalue weighted by Gasteiger charge is 2.06. The maximum atomic E-state index is 11.5. The molecule has 0 N–H and O–H groups in total. The Bertz CT molecular complexity index is 3210. The topological polar surface area (TPSA) is 51.2 Å². The lowest BCUT2D eigenvalue weighted by Crippen LogP contribution is -1.91. The van der Waals surface area contributed by atoms with E-state index in [1.54, 1.807) is 20.8 Å². The minimum Gasteiger partial charge on any atom is -0.287 e. The van der Waals surface area contributed by atoms with E-state index in [4.69, 9.17) is 0 Å². The molecule has 6 heteroatoms. The van der Waals surface area contributed by atoms with Crippen molar-refractivity contribution in [1.82, 2.24) is 0 Å². The van der Waals surface area contributed by atoms with Crippen LogP contribution < -0.4 is 0 Å². The quantitative estimate of drug-likeness (QED) is 0.122. The minimum atomic E-state index is 0.0518. The van der Waals surface area contributed by atoms with E-state index in [-0.39, 0.29) is 15.3 Å². The molecule has 72 heavy (non-hydrogen) atoms. The Morgan fingerprint density at radius 1 is 0.292 bits per heavy atom. The largest absolute Gasteiger partial charge is 0.287 e. The smallest absolute Gasteiger partial charge is 0.190 e. The zero-order valence-corrected chi connectivity index (χ0v) is 43.4. The Labute approximate surface area is 437 Å². The molecule has 0 aliphatic rings. The average Bonchev–Trinajstić information content (AvgIpc) is 3.38. The lowest BCUT2D eigenvalue weighted by molar-refractivity contribution is -0.109. The summed E-state index contributed by atoms with van der Waals surface area (Å²) in [6.07, 6.45) is 2.36. The van der Waals surface area contributed by atoms with Crippen LogP contribution in [0.3, 0.4) is 0 Å². The van der Waals surface area contributed by atoms with Gasteiger partial charge in [-0.15, -0.1) is 0 Å². The van der Waals surface area contributed by atoms with E-state index in [1.165, 1.54) is 35.3 Å². The second-order valence-electron chi connectivity index (χ2n) is 16.3. The summed E-state index contributed by atoms with van der Waals surface area (Å²) in [4.78, 5) is 37.2. The summed E-state index contributed by atoms with van der Waals surface area (Å²) in [5.41, 5.74) is 13.8. The Kier molecular flexibility index (Phi) is 18.5. The van der Waals surface area contributed by atoms with Gasteiger partial charge in [0, 0.05) is 102 Å². The van der Waals surface area contributed by atoms with Crippen molar-refractivity contribution in [3.63, 3.8) is 0 Å². The molecule has 0 radical (unpaired) electrons. The van der Waals surface area contributed by atoms with Gasteiger partial charge in [-0.3, -0.25) is 14.4 Å². The van der Waals surface area contributed by atoms with Crippen molar-refractivity contribution >= 4 is 50.6 Å². The van der Waals surface area contributed by atoms with Gasteiger partial charge in [0.25, 0.3) is 0 Å². The lowest BCUT2D eigenvalue weighted by atomic mass is 9.99. The second-order valence-corrected chi connectivity index (χ2v) is 20.1. The molecule has 0 aliphatic carbocycles. The van der Waals surface area contributed by atoms with Gasteiger partial charge in [-0.25, -0.2) is 0 Å². The molecular formula is C66H48O3S3. The molecule has 0 amide bonds. The summed E-state index contributed by atoms with van der Waals surface area (Å²) in [6.45, 7) is 11.0. The van der Waals surface area contributed by atoms with Crippen LogP contribution in [0.2, 0.25) is 0 Å². The summed E-state index contributed by atoms with van der Waals surface area (Å²) in [5.74, 6) is 40.3. The first-order valence-electron chi connectivity index (χ1n) is 23.4. The fourth-order valence-corrected chi connectivity index (χ4v) is 9.08. The molecule has 0 aliphatic heterocycles. The van der Waals surface area contributed by atoms with Gasteiger partial charge >= 0.3 is 0 Å². The Hall–Kier alpha value is -8.04. The molecule has 0 saturated heterocycles. The third-order valence-electron chi connectivity index (χ3n) is 10.8. The van der Waals surface area contributed by atoms with Crippen molar-refractivity contribution in [3.8, 4) is 71.0 Å². The first kappa shape index (κ1) is 51.8. The van der Waals surface area contributed by atoms with Gasteiger partial charge in [-0.1, -0.05) is 127 Å². The summed E-state index contributed by atoms with van der Waals surface area (Å²) in [7, 11) is 0. The van der Waals surface area contributed by atoms with Crippen LogP contribution >= 0.6 is 35.3 Å². The Balaban J connectivity index is 1.19. The summed E-state index contributed by atoms with van der Waals surface area (Å²) < 4.78 is 0. The van der Waals surface area contributed by atoms with E-state index in [9.17, 15) is 14.4 Å². The number of carbonyl (C=O) groups excluding carboxylic acids is 3. The number of rotatable bonds is 6. The summed E-state index contributed by atoms with van der Waals surface area (Å²) >= 11 is 3.63. The Morgan fingerprint density at radius 3 is 0.750 bits per heavy atom. The molecule has 0 fully saturated rings. The van der Waals surface area contributed by atoms with Gasteiger partial charge in [0.15, 0.2) is 15.3 Å². The van der Waals surface area contributed by atoms with Crippen molar-refractivity contribution in [3.05, 3.63) is 229 Å². The molecule has 348 valence electrons. The first-order chi connectivity index (χ1) is 34.9. The fraction of sp³-hybridized carbons (Fsp3) is 0.136. The van der Waals surface area contributed by atoms with Crippen LogP contribution in [0.15, 0.2) is 160 Å². The molecule has 0 unspecified atom stereocenters. The van der Waals surface area contributed by atoms with Gasteiger partial charge in [0.1, 0.15) is 0 Å². The van der Waals surface area contributed by atoms with E-state index in [0.717, 1.165) is 117 Å². The molecule has 0 aromatic heterocycles. The van der Waals surface area contributed by atoms with Crippen LogP contribution in [-0.2, 0) is 33.6 Å². The molecule has 0 heterocycles. The van der Waals surface area contributed by atoms with Crippen LogP contribution in [0.1, 0.15) is 125 Å². The van der Waals surface area contributed by atoms with Gasteiger partial charge in [0.05, 0.1) is 0 Å². The second kappa shape index (κ2) is 25.7. The molecule has 7 aromatic carbocycles. The van der Waals surface area contributed by atoms with Crippen LogP contribution in [0.5, 0.6) is 0 Å². The maximum absolute atomic E-state index is 11.5. The van der Waals surface area contributed by atoms with E-state index < -0.39 is 0 Å². The van der Waals surface area contributed by atoms with Gasteiger partial charge < -0.3 is 0 Å². The van der Waals surface area contributed by atoms with E-state index in [0.29, 0.717) is 0 Å². The number of thioether (sulfide) groups is 3. The summed E-state index contributed by atoms with van der Waals surface area (Å²) in [5, 5.41) is 0.155. The van der Waals surface area contributed by atoms with Crippen molar-refractivity contribution in [2.45, 2.75) is 75.5 Å². The van der Waals surface area contributed by atoms with Crippen LogP contribution in [0.25, 0.3) is 0 Å². The van der Waals surface area contributed by atoms with Crippen molar-refractivity contribution < 1.29 is 14.4 Å². The Morgan fingerprint density at radius 2 is 0.514 bits per heavy atom. The number of hydrogen-bond donors (Lipinski definition) is 0. The third-order valence-corrected chi connectivity index (χ3v) is 13.2. The normalized spacial score (nSPS) is 9.92. The highest BCUT2D eigenvalue weighted by Crippen LogP contribution is 2.22. The molecule has 7 aromatic rings. The van der Waals surface area contributed by atoms with Gasteiger partial charge in [-0.05, 0) is 182 Å². The highest BCUT2D eigenvalue weighted by atomic mass is 32.2. The molecule has 7 rings (SSSR count). The van der Waals surface area contributed by atoms with Crippen LogP contribution in [0, 0.1) is 71.0 Å². The van der Waals surface area contributed by atoms with Crippen molar-refractivity contribution in [2.24, 2.45) is 0 Å².